The minimum Gasteiger partial charge on any atom is -0.388 e. The number of aliphatic hydroxyl groups excluding tert-OH is 1. The molecular weight excluding hydrogens is 210 g/mol. The van der Waals surface area contributed by atoms with Crippen molar-refractivity contribution >= 4 is 0 Å². The topological polar surface area (TPSA) is 23.5 Å². The van der Waals surface area contributed by atoms with Crippen molar-refractivity contribution in [3.8, 4) is 0 Å². The molecule has 0 aliphatic carbocycles. The molecule has 0 radical (unpaired) electrons. The van der Waals surface area contributed by atoms with Crippen LogP contribution in [0.4, 0.5) is 0 Å². The number of benzene rings is 1. The summed E-state index contributed by atoms with van der Waals surface area (Å²) in [5.41, 5.74) is 2.40. The van der Waals surface area contributed by atoms with Gasteiger partial charge < -0.3 is 5.11 Å². The van der Waals surface area contributed by atoms with Crippen LogP contribution >= 0.6 is 0 Å². The van der Waals surface area contributed by atoms with E-state index in [1.807, 2.05) is 13.0 Å². The van der Waals surface area contributed by atoms with E-state index in [1.165, 1.54) is 31.5 Å². The lowest BCUT2D eigenvalue weighted by molar-refractivity contribution is 0.168. The Morgan fingerprint density at radius 3 is 2.35 bits per heavy atom. The van der Waals surface area contributed by atoms with Crippen molar-refractivity contribution in [2.24, 2.45) is 0 Å². The van der Waals surface area contributed by atoms with E-state index < -0.39 is 0 Å². The normalized spacial score (nSPS) is 20.4. The van der Waals surface area contributed by atoms with Crippen molar-refractivity contribution in [3.05, 3.63) is 35.4 Å². The lowest BCUT2D eigenvalue weighted by Gasteiger charge is -2.27. The third-order valence-corrected chi connectivity index (χ3v) is 3.88. The molecule has 1 heterocycles. The molecule has 94 valence electrons. The maximum atomic E-state index is 10.1. The fraction of sp³-hybridized carbons (Fsp3) is 0.600. The van der Waals surface area contributed by atoms with Crippen LogP contribution in [0.2, 0.25) is 0 Å². The van der Waals surface area contributed by atoms with Crippen LogP contribution in [0, 0.1) is 0 Å². The molecule has 1 unspecified atom stereocenters. The van der Waals surface area contributed by atoms with Crippen molar-refractivity contribution in [3.63, 3.8) is 0 Å². The zero-order valence-electron chi connectivity index (χ0n) is 10.9. The van der Waals surface area contributed by atoms with E-state index >= 15 is 0 Å². The zero-order chi connectivity index (χ0) is 12.3. The van der Waals surface area contributed by atoms with Crippen molar-refractivity contribution in [1.82, 2.24) is 4.90 Å². The lowest BCUT2D eigenvalue weighted by atomic mass is 9.95. The number of nitrogens with zero attached hydrogens (tertiary/aromatic N) is 1. The molecule has 2 rings (SSSR count). The second-order valence-corrected chi connectivity index (χ2v) is 4.97. The van der Waals surface area contributed by atoms with Gasteiger partial charge in [0.15, 0.2) is 0 Å². The molecule has 1 aliphatic heterocycles. The molecule has 0 spiro atoms. The van der Waals surface area contributed by atoms with Gasteiger partial charge in [0.1, 0.15) is 0 Å². The predicted octanol–water partition coefficient (Wildman–Crippen LogP) is 3.29. The molecule has 2 heteroatoms. The first kappa shape index (κ1) is 12.6. The molecule has 0 bridgehead atoms. The summed E-state index contributed by atoms with van der Waals surface area (Å²) in [6.45, 7) is 6.67. The molecule has 1 fully saturated rings. The van der Waals surface area contributed by atoms with Crippen LogP contribution in [0.1, 0.15) is 56.4 Å². The van der Waals surface area contributed by atoms with Crippen LogP contribution in [0.5, 0.6) is 0 Å². The highest BCUT2D eigenvalue weighted by atomic mass is 16.3. The second-order valence-electron chi connectivity index (χ2n) is 4.97. The van der Waals surface area contributed by atoms with Crippen LogP contribution in [0.25, 0.3) is 0 Å². The quantitative estimate of drug-likeness (QED) is 0.862. The molecule has 1 N–H and O–H groups in total. The maximum Gasteiger partial charge on any atom is 0.0790 e. The third-order valence-electron chi connectivity index (χ3n) is 3.88. The van der Waals surface area contributed by atoms with Crippen molar-refractivity contribution < 1.29 is 5.11 Å². The molecule has 1 aliphatic rings. The van der Waals surface area contributed by atoms with E-state index in [1.54, 1.807) is 0 Å². The number of hydrogen-bond acceptors (Lipinski definition) is 2. The van der Waals surface area contributed by atoms with Gasteiger partial charge in [0, 0.05) is 6.04 Å². The third kappa shape index (κ3) is 2.70. The number of aliphatic hydroxyl groups is 1. The van der Waals surface area contributed by atoms with Gasteiger partial charge in [-0.05, 0) is 50.4 Å². The number of rotatable bonds is 4. The van der Waals surface area contributed by atoms with Gasteiger partial charge in [0.25, 0.3) is 0 Å². The second kappa shape index (κ2) is 5.65. The van der Waals surface area contributed by atoms with E-state index in [0.29, 0.717) is 6.04 Å². The van der Waals surface area contributed by atoms with Gasteiger partial charge in [-0.2, -0.15) is 0 Å². The van der Waals surface area contributed by atoms with E-state index in [0.717, 1.165) is 12.0 Å². The molecule has 0 amide bonds. The van der Waals surface area contributed by atoms with Gasteiger partial charge in [0.05, 0.1) is 6.10 Å². The summed E-state index contributed by atoms with van der Waals surface area (Å²) in [6.07, 6.45) is 3.08. The first-order valence-electron chi connectivity index (χ1n) is 6.75. The van der Waals surface area contributed by atoms with Crippen LogP contribution in [0.3, 0.4) is 0 Å². The van der Waals surface area contributed by atoms with E-state index in [9.17, 15) is 5.11 Å². The standard InChI is InChI=1S/C15H23NO/c1-3-15(17)14-9-5-4-8-13(14)12(2)16-10-6-7-11-16/h4-5,8-9,12,15,17H,3,6-7,10-11H2,1-2H3/t12-,15?/m1/s1. The van der Waals surface area contributed by atoms with Crippen LogP contribution in [0.15, 0.2) is 24.3 Å². The molecule has 0 aromatic heterocycles. The molecule has 1 saturated heterocycles. The van der Waals surface area contributed by atoms with Crippen LogP contribution in [-0.4, -0.2) is 23.1 Å². The smallest absolute Gasteiger partial charge is 0.0790 e. The summed E-state index contributed by atoms with van der Waals surface area (Å²) in [6, 6.07) is 8.75. The number of likely N-dealkylation sites (tertiary alicyclic amines) is 1. The highest BCUT2D eigenvalue weighted by molar-refractivity contribution is 5.31. The fourth-order valence-electron chi connectivity index (χ4n) is 2.74. The van der Waals surface area contributed by atoms with Gasteiger partial charge >= 0.3 is 0 Å². The SMILES string of the molecule is CCC(O)c1ccccc1[C@@H](C)N1CCCC1. The Morgan fingerprint density at radius 1 is 1.18 bits per heavy atom. The Bertz CT molecular complexity index is 358. The Balaban J connectivity index is 2.24. The van der Waals surface area contributed by atoms with Crippen LogP contribution < -0.4 is 0 Å². The summed E-state index contributed by atoms with van der Waals surface area (Å²) in [7, 11) is 0. The molecule has 2 nitrogen and oxygen atoms in total. The first-order valence-corrected chi connectivity index (χ1v) is 6.75. The average molecular weight is 233 g/mol. The van der Waals surface area contributed by atoms with E-state index in [4.69, 9.17) is 0 Å². The van der Waals surface area contributed by atoms with Gasteiger partial charge in [-0.1, -0.05) is 31.2 Å². The summed E-state index contributed by atoms with van der Waals surface area (Å²) >= 11 is 0. The van der Waals surface area contributed by atoms with Gasteiger partial charge in [-0.15, -0.1) is 0 Å². The zero-order valence-corrected chi connectivity index (χ0v) is 10.9. The summed E-state index contributed by atoms with van der Waals surface area (Å²) in [5.74, 6) is 0. The summed E-state index contributed by atoms with van der Waals surface area (Å²) in [5, 5.41) is 10.1. The minimum atomic E-state index is -0.323. The Hall–Kier alpha value is -0.860. The first-order chi connectivity index (χ1) is 8.24. The van der Waals surface area contributed by atoms with Crippen molar-refractivity contribution in [2.75, 3.05) is 13.1 Å². The summed E-state index contributed by atoms with van der Waals surface area (Å²) in [4.78, 5) is 2.52. The van der Waals surface area contributed by atoms with Crippen molar-refractivity contribution in [2.45, 2.75) is 45.3 Å². The minimum absolute atomic E-state index is 0.323. The van der Waals surface area contributed by atoms with E-state index in [-0.39, 0.29) is 6.10 Å². The van der Waals surface area contributed by atoms with Gasteiger partial charge in [0.2, 0.25) is 0 Å². The molecule has 1 aromatic rings. The van der Waals surface area contributed by atoms with Crippen LogP contribution in [-0.2, 0) is 0 Å². The molecule has 0 saturated carbocycles. The van der Waals surface area contributed by atoms with Gasteiger partial charge in [-0.25, -0.2) is 0 Å². The average Bonchev–Trinajstić information content (AvgIpc) is 2.91. The highest BCUT2D eigenvalue weighted by Gasteiger charge is 2.22. The molecular formula is C15H23NO. The molecule has 2 atom stereocenters. The number of hydrogen-bond donors (Lipinski definition) is 1. The monoisotopic (exact) mass is 233 g/mol. The largest absolute Gasteiger partial charge is 0.388 e. The lowest BCUT2D eigenvalue weighted by Crippen LogP contribution is -2.24. The van der Waals surface area contributed by atoms with Gasteiger partial charge in [-0.3, -0.25) is 4.90 Å². The Kier molecular flexibility index (Phi) is 4.19. The highest BCUT2D eigenvalue weighted by Crippen LogP contribution is 2.30. The van der Waals surface area contributed by atoms with E-state index in [2.05, 4.69) is 30.0 Å². The maximum absolute atomic E-state index is 10.1. The summed E-state index contributed by atoms with van der Waals surface area (Å²) < 4.78 is 0. The Labute approximate surface area is 104 Å². The Morgan fingerprint density at radius 2 is 1.76 bits per heavy atom. The fourth-order valence-corrected chi connectivity index (χ4v) is 2.74. The predicted molar refractivity (Wildman–Crippen MR) is 70.9 cm³/mol. The molecule has 1 aromatic carbocycles. The molecule has 17 heavy (non-hydrogen) atoms. The van der Waals surface area contributed by atoms with Crippen molar-refractivity contribution in [1.29, 1.82) is 0 Å².